The van der Waals surface area contributed by atoms with Gasteiger partial charge in [0.05, 0.1) is 17.3 Å². The van der Waals surface area contributed by atoms with E-state index in [2.05, 4.69) is 15.5 Å². The topological polar surface area (TPSA) is 91.8 Å². The van der Waals surface area contributed by atoms with Crippen molar-refractivity contribution in [3.8, 4) is 17.5 Å². The van der Waals surface area contributed by atoms with Gasteiger partial charge >= 0.3 is 0 Å². The monoisotopic (exact) mass is 228 g/mol. The zero-order valence-electron chi connectivity index (χ0n) is 8.75. The fourth-order valence-corrected chi connectivity index (χ4v) is 1.34. The highest BCUT2D eigenvalue weighted by Gasteiger charge is 2.11. The number of nitrogens with zero attached hydrogens (tertiary/aromatic N) is 3. The summed E-state index contributed by atoms with van der Waals surface area (Å²) in [6.07, 6.45) is 1.02. The summed E-state index contributed by atoms with van der Waals surface area (Å²) >= 11 is 0. The molecule has 2 aromatic rings. The molecule has 0 aliphatic heterocycles. The van der Waals surface area contributed by atoms with Gasteiger partial charge in [-0.25, -0.2) is 0 Å². The van der Waals surface area contributed by atoms with Gasteiger partial charge in [0.2, 0.25) is 18.2 Å². The molecule has 0 aliphatic rings. The number of aromatic nitrogens is 2. The maximum atomic E-state index is 11.3. The van der Waals surface area contributed by atoms with Crippen molar-refractivity contribution in [3.05, 3.63) is 30.7 Å². The van der Waals surface area contributed by atoms with Gasteiger partial charge in [-0.2, -0.15) is 5.26 Å². The molecule has 1 aromatic carbocycles. The smallest absolute Gasteiger partial charge is 0.249 e. The van der Waals surface area contributed by atoms with E-state index in [1.807, 2.05) is 0 Å². The van der Waals surface area contributed by atoms with E-state index < -0.39 is 0 Å². The van der Waals surface area contributed by atoms with Crippen LogP contribution in [0.1, 0.15) is 6.42 Å². The number of hydrogen-bond acceptors (Lipinski definition) is 5. The molecule has 84 valence electrons. The molecule has 0 spiro atoms. The number of amides is 1. The van der Waals surface area contributed by atoms with Gasteiger partial charge in [-0.3, -0.25) is 4.79 Å². The van der Waals surface area contributed by atoms with Crippen molar-refractivity contribution in [2.75, 3.05) is 5.32 Å². The lowest BCUT2D eigenvalue weighted by molar-refractivity contribution is -0.115. The number of nitriles is 1. The molecule has 0 saturated heterocycles. The van der Waals surface area contributed by atoms with Gasteiger partial charge in [-0.1, -0.05) is 12.1 Å². The maximum Gasteiger partial charge on any atom is 0.249 e. The number of carbonyl (C=O) groups is 1. The molecule has 17 heavy (non-hydrogen) atoms. The molecule has 0 radical (unpaired) electrons. The number of para-hydroxylation sites is 1. The van der Waals surface area contributed by atoms with Crippen molar-refractivity contribution in [3.63, 3.8) is 0 Å². The largest absolute Gasteiger partial charge is 0.423 e. The lowest BCUT2D eigenvalue weighted by Crippen LogP contribution is -2.10. The second-order valence-corrected chi connectivity index (χ2v) is 3.17. The van der Waals surface area contributed by atoms with Crippen molar-refractivity contribution >= 4 is 11.6 Å². The number of anilines is 1. The van der Waals surface area contributed by atoms with Crippen LogP contribution >= 0.6 is 0 Å². The summed E-state index contributed by atoms with van der Waals surface area (Å²) in [6.45, 7) is 0. The standard InChI is InChI=1S/C11H8N4O2/c12-6-5-10(16)14-9-4-2-1-3-8(9)11-15-13-7-17-11/h1-4,7H,5H2,(H,14,16). The molecule has 6 heteroatoms. The summed E-state index contributed by atoms with van der Waals surface area (Å²) in [4.78, 5) is 11.3. The Morgan fingerprint density at radius 3 is 3.00 bits per heavy atom. The second kappa shape index (κ2) is 4.90. The van der Waals surface area contributed by atoms with E-state index >= 15 is 0 Å². The minimum Gasteiger partial charge on any atom is -0.423 e. The first kappa shape index (κ1) is 10.8. The van der Waals surface area contributed by atoms with Gasteiger partial charge in [0.15, 0.2) is 0 Å². The molecular formula is C11H8N4O2. The summed E-state index contributed by atoms with van der Waals surface area (Å²) < 4.78 is 5.06. The van der Waals surface area contributed by atoms with Crippen LogP contribution in [0.4, 0.5) is 5.69 Å². The maximum absolute atomic E-state index is 11.3. The average Bonchev–Trinajstić information content (AvgIpc) is 2.83. The highest BCUT2D eigenvalue weighted by atomic mass is 16.4. The van der Waals surface area contributed by atoms with Gasteiger partial charge in [0.1, 0.15) is 6.42 Å². The van der Waals surface area contributed by atoms with Crippen molar-refractivity contribution in [2.24, 2.45) is 0 Å². The summed E-state index contributed by atoms with van der Waals surface area (Å²) in [7, 11) is 0. The first-order valence-corrected chi connectivity index (χ1v) is 4.83. The minimum absolute atomic E-state index is 0.196. The van der Waals surface area contributed by atoms with Crippen molar-refractivity contribution in [1.82, 2.24) is 10.2 Å². The Morgan fingerprint density at radius 1 is 1.47 bits per heavy atom. The molecular weight excluding hydrogens is 220 g/mol. The van der Waals surface area contributed by atoms with E-state index in [1.165, 1.54) is 6.39 Å². The van der Waals surface area contributed by atoms with E-state index in [0.29, 0.717) is 17.1 Å². The molecule has 0 bridgehead atoms. The third kappa shape index (κ3) is 2.46. The molecule has 0 saturated carbocycles. The zero-order chi connectivity index (χ0) is 12.1. The van der Waals surface area contributed by atoms with E-state index in [4.69, 9.17) is 9.68 Å². The second-order valence-electron chi connectivity index (χ2n) is 3.17. The van der Waals surface area contributed by atoms with Crippen LogP contribution in [0.25, 0.3) is 11.5 Å². The average molecular weight is 228 g/mol. The van der Waals surface area contributed by atoms with Gasteiger partial charge in [0.25, 0.3) is 0 Å². The summed E-state index contributed by atoms with van der Waals surface area (Å²) in [5.41, 5.74) is 1.16. The van der Waals surface area contributed by atoms with Crippen molar-refractivity contribution in [1.29, 1.82) is 5.26 Å². The van der Waals surface area contributed by atoms with Crippen molar-refractivity contribution < 1.29 is 9.21 Å². The van der Waals surface area contributed by atoms with E-state index in [9.17, 15) is 4.79 Å². The zero-order valence-corrected chi connectivity index (χ0v) is 8.75. The third-order valence-corrected chi connectivity index (χ3v) is 2.03. The normalized spacial score (nSPS) is 9.59. The van der Waals surface area contributed by atoms with Crippen LogP contribution in [0.2, 0.25) is 0 Å². The summed E-state index contributed by atoms with van der Waals surface area (Å²) in [6, 6.07) is 8.78. The Balaban J connectivity index is 2.29. The Morgan fingerprint density at radius 2 is 2.29 bits per heavy atom. The molecule has 2 rings (SSSR count). The van der Waals surface area contributed by atoms with Crippen molar-refractivity contribution in [2.45, 2.75) is 6.42 Å². The molecule has 0 fully saturated rings. The van der Waals surface area contributed by atoms with Crippen LogP contribution in [0.3, 0.4) is 0 Å². The molecule has 1 amide bonds. The predicted molar refractivity (Wildman–Crippen MR) is 58.6 cm³/mol. The number of carbonyl (C=O) groups excluding carboxylic acids is 1. The molecule has 1 heterocycles. The SMILES string of the molecule is N#CCC(=O)Nc1ccccc1-c1nnco1. The Labute approximate surface area is 96.9 Å². The number of rotatable bonds is 3. The highest BCUT2D eigenvalue weighted by Crippen LogP contribution is 2.25. The van der Waals surface area contributed by atoms with E-state index in [0.717, 1.165) is 0 Å². The number of nitrogens with one attached hydrogen (secondary N) is 1. The number of benzene rings is 1. The first-order valence-electron chi connectivity index (χ1n) is 4.83. The van der Waals surface area contributed by atoms with Crippen LogP contribution < -0.4 is 5.32 Å². The molecule has 0 aliphatic carbocycles. The van der Waals surface area contributed by atoms with Crippen LogP contribution in [0, 0.1) is 11.3 Å². The summed E-state index contributed by atoms with van der Waals surface area (Å²) in [5.74, 6) is -0.0580. The van der Waals surface area contributed by atoms with Crippen LogP contribution in [-0.2, 0) is 4.79 Å². The fourth-order valence-electron chi connectivity index (χ4n) is 1.34. The van der Waals surface area contributed by atoms with Gasteiger partial charge in [-0.05, 0) is 12.1 Å². The summed E-state index contributed by atoms with van der Waals surface area (Å²) in [5, 5.41) is 18.4. The molecule has 6 nitrogen and oxygen atoms in total. The van der Waals surface area contributed by atoms with Gasteiger partial charge in [-0.15, -0.1) is 10.2 Å². The number of hydrogen-bond donors (Lipinski definition) is 1. The lowest BCUT2D eigenvalue weighted by atomic mass is 10.1. The first-order chi connectivity index (χ1) is 8.31. The third-order valence-electron chi connectivity index (χ3n) is 2.03. The van der Waals surface area contributed by atoms with Crippen LogP contribution in [0.5, 0.6) is 0 Å². The van der Waals surface area contributed by atoms with Crippen LogP contribution in [-0.4, -0.2) is 16.1 Å². The van der Waals surface area contributed by atoms with E-state index in [1.54, 1.807) is 30.3 Å². The molecule has 1 N–H and O–H groups in total. The van der Waals surface area contributed by atoms with Gasteiger partial charge in [0, 0.05) is 0 Å². The molecule has 0 unspecified atom stereocenters. The predicted octanol–water partition coefficient (Wildman–Crippen LogP) is 1.59. The Kier molecular flexibility index (Phi) is 3.12. The fraction of sp³-hybridized carbons (Fsp3) is 0.0909. The van der Waals surface area contributed by atoms with Gasteiger partial charge < -0.3 is 9.73 Å². The van der Waals surface area contributed by atoms with Crippen LogP contribution in [0.15, 0.2) is 35.1 Å². The molecule has 1 aromatic heterocycles. The Hall–Kier alpha value is -2.68. The molecule has 0 atom stereocenters. The Bertz CT molecular complexity index is 557. The lowest BCUT2D eigenvalue weighted by Gasteiger charge is -2.06. The van der Waals surface area contributed by atoms with E-state index in [-0.39, 0.29) is 12.3 Å². The minimum atomic E-state index is -0.375. The quantitative estimate of drug-likeness (QED) is 0.861. The highest BCUT2D eigenvalue weighted by molar-refractivity contribution is 5.95.